The van der Waals surface area contributed by atoms with E-state index in [1.165, 1.54) is 39.9 Å². The highest BCUT2D eigenvalue weighted by Gasteiger charge is 2.30. The minimum atomic E-state index is -4.39. The van der Waals surface area contributed by atoms with E-state index in [-0.39, 0.29) is 11.8 Å². The number of nitrogens with one attached hydrogen (secondary N) is 2. The molecule has 0 spiro atoms. The number of carbonyl (C=O) groups is 2. The molecule has 0 bridgehead atoms. The highest BCUT2D eigenvalue weighted by Crippen LogP contribution is 2.37. The normalized spacial score (nSPS) is 14.9. The van der Waals surface area contributed by atoms with E-state index in [0.717, 1.165) is 81.6 Å². The number of carbonyl (C=O) groups excluding carboxylic acids is 2. The molecule has 5 rings (SSSR count). The molecule has 2 amide bonds. The van der Waals surface area contributed by atoms with Gasteiger partial charge in [-0.15, -0.1) is 0 Å². The molecule has 3 aromatic rings. The number of alkyl halides is 3. The van der Waals surface area contributed by atoms with E-state index < -0.39 is 11.7 Å². The van der Waals surface area contributed by atoms with Gasteiger partial charge in [0.25, 0.3) is 5.91 Å². The Bertz CT molecular complexity index is 1550. The average molecular weight is 632 g/mol. The molecule has 244 valence electrons. The summed E-state index contributed by atoms with van der Waals surface area (Å²) in [4.78, 5) is 28.1. The molecule has 0 unspecified atom stereocenters. The lowest BCUT2D eigenvalue weighted by atomic mass is 9.93. The number of rotatable bonds is 13. The highest BCUT2D eigenvalue weighted by molar-refractivity contribution is 6.09. The topological polar surface area (TPSA) is 61.4 Å². The number of benzene rings is 3. The van der Waals surface area contributed by atoms with Crippen LogP contribution in [0.2, 0.25) is 0 Å². The molecule has 1 aliphatic heterocycles. The van der Waals surface area contributed by atoms with Crippen molar-refractivity contribution in [2.24, 2.45) is 0 Å². The van der Waals surface area contributed by atoms with Gasteiger partial charge in [-0.2, -0.15) is 13.2 Å². The zero-order chi connectivity index (χ0) is 32.7. The molecule has 1 heterocycles. The predicted octanol–water partition coefficient (Wildman–Crippen LogP) is 8.25. The maximum absolute atomic E-state index is 13.2. The van der Waals surface area contributed by atoms with Gasteiger partial charge < -0.3 is 10.6 Å². The lowest BCUT2D eigenvalue weighted by molar-refractivity contribution is -0.137. The van der Waals surface area contributed by atoms with E-state index in [1.807, 2.05) is 18.2 Å². The van der Waals surface area contributed by atoms with Gasteiger partial charge in [0.2, 0.25) is 5.91 Å². The number of nitrogens with zero attached hydrogens (tertiary/aromatic N) is 1. The first kappa shape index (κ1) is 33.5. The largest absolute Gasteiger partial charge is 0.416 e. The van der Waals surface area contributed by atoms with Crippen LogP contribution in [0.1, 0.15) is 91.3 Å². The maximum atomic E-state index is 13.2. The third-order valence-corrected chi connectivity index (χ3v) is 9.24. The van der Waals surface area contributed by atoms with Crippen molar-refractivity contribution in [3.8, 4) is 0 Å². The molecule has 0 radical (unpaired) electrons. The molecule has 0 saturated carbocycles. The minimum absolute atomic E-state index is 0.107. The third kappa shape index (κ3) is 8.27. The number of halogens is 3. The Morgan fingerprint density at radius 2 is 1.59 bits per heavy atom. The molecule has 0 saturated heterocycles. The smallest absolute Gasteiger partial charge is 0.356 e. The number of anilines is 1. The SMILES string of the molecule is CCc1cccc(CC)c1CCCC(=O)NCCCN1Cc2ccc(NC(=O)C3=C(c4ccc(C(F)(F)F)cc4)CCC3)cc2C1. The van der Waals surface area contributed by atoms with Crippen LogP contribution in [0.25, 0.3) is 5.57 Å². The Balaban J connectivity index is 1.06. The summed E-state index contributed by atoms with van der Waals surface area (Å²) in [7, 11) is 0. The molecule has 8 heteroatoms. The second kappa shape index (κ2) is 15.1. The fourth-order valence-corrected chi connectivity index (χ4v) is 6.80. The van der Waals surface area contributed by atoms with Crippen LogP contribution in [-0.4, -0.2) is 29.8 Å². The number of aryl methyl sites for hydroxylation is 2. The highest BCUT2D eigenvalue weighted by atomic mass is 19.4. The van der Waals surface area contributed by atoms with Crippen LogP contribution in [0, 0.1) is 0 Å². The fraction of sp³-hybridized carbons (Fsp3) is 0.421. The number of allylic oxidation sites excluding steroid dienone is 1. The van der Waals surface area contributed by atoms with Crippen molar-refractivity contribution in [2.45, 2.75) is 90.9 Å². The molecule has 0 atom stereocenters. The van der Waals surface area contributed by atoms with Crippen molar-refractivity contribution < 1.29 is 22.8 Å². The summed E-state index contributed by atoms with van der Waals surface area (Å²) in [5.74, 6) is -0.0886. The minimum Gasteiger partial charge on any atom is -0.356 e. The van der Waals surface area contributed by atoms with Crippen molar-refractivity contribution >= 4 is 23.1 Å². The predicted molar refractivity (Wildman–Crippen MR) is 177 cm³/mol. The van der Waals surface area contributed by atoms with Gasteiger partial charge in [0.05, 0.1) is 5.56 Å². The summed E-state index contributed by atoms with van der Waals surface area (Å²) < 4.78 is 39.0. The van der Waals surface area contributed by atoms with Gasteiger partial charge in [0.1, 0.15) is 0 Å². The molecule has 2 aliphatic rings. The lowest BCUT2D eigenvalue weighted by Crippen LogP contribution is -2.27. The second-order valence-corrected chi connectivity index (χ2v) is 12.4. The van der Waals surface area contributed by atoms with Gasteiger partial charge in [0.15, 0.2) is 0 Å². The van der Waals surface area contributed by atoms with E-state index in [2.05, 4.69) is 47.6 Å². The lowest BCUT2D eigenvalue weighted by Gasteiger charge is -2.15. The molecule has 1 aliphatic carbocycles. The van der Waals surface area contributed by atoms with Crippen LogP contribution >= 0.6 is 0 Å². The molecule has 46 heavy (non-hydrogen) atoms. The zero-order valence-electron chi connectivity index (χ0n) is 26.9. The summed E-state index contributed by atoms with van der Waals surface area (Å²) in [6, 6.07) is 17.6. The number of fused-ring (bicyclic) bond motifs is 1. The summed E-state index contributed by atoms with van der Waals surface area (Å²) in [6.45, 7) is 7.49. The Hall–Kier alpha value is -3.91. The van der Waals surface area contributed by atoms with E-state index in [1.54, 1.807) is 0 Å². The fourth-order valence-electron chi connectivity index (χ4n) is 6.80. The summed E-state index contributed by atoms with van der Waals surface area (Å²) in [6.07, 6.45) is 2.89. The van der Waals surface area contributed by atoms with Gasteiger partial charge in [0, 0.05) is 43.9 Å². The second-order valence-electron chi connectivity index (χ2n) is 12.4. The van der Waals surface area contributed by atoms with Crippen LogP contribution in [0.5, 0.6) is 0 Å². The van der Waals surface area contributed by atoms with Crippen molar-refractivity contribution in [1.82, 2.24) is 10.2 Å². The van der Waals surface area contributed by atoms with Gasteiger partial charge in [-0.05, 0) is 115 Å². The van der Waals surface area contributed by atoms with Gasteiger partial charge in [-0.25, -0.2) is 0 Å². The van der Waals surface area contributed by atoms with E-state index in [9.17, 15) is 22.8 Å². The Kier molecular flexibility index (Phi) is 11.0. The monoisotopic (exact) mass is 631 g/mol. The molecule has 3 aromatic carbocycles. The van der Waals surface area contributed by atoms with Gasteiger partial charge in [-0.3, -0.25) is 14.5 Å². The van der Waals surface area contributed by atoms with Crippen LogP contribution in [0.4, 0.5) is 18.9 Å². The van der Waals surface area contributed by atoms with Gasteiger partial charge >= 0.3 is 6.18 Å². The van der Waals surface area contributed by atoms with E-state index in [4.69, 9.17) is 0 Å². The Morgan fingerprint density at radius 3 is 2.28 bits per heavy atom. The first-order chi connectivity index (χ1) is 22.2. The van der Waals surface area contributed by atoms with Crippen molar-refractivity contribution in [2.75, 3.05) is 18.4 Å². The Morgan fingerprint density at radius 1 is 0.870 bits per heavy atom. The third-order valence-electron chi connectivity index (χ3n) is 9.24. The maximum Gasteiger partial charge on any atom is 0.416 e. The average Bonchev–Trinajstić information content (AvgIpc) is 3.70. The molecular formula is C38H44F3N3O2. The number of amides is 2. The van der Waals surface area contributed by atoms with Crippen molar-refractivity contribution in [3.05, 3.63) is 105 Å². The molecular weight excluding hydrogens is 587 g/mol. The number of hydrogen-bond acceptors (Lipinski definition) is 3. The van der Waals surface area contributed by atoms with Crippen LogP contribution in [0.15, 0.2) is 66.2 Å². The first-order valence-corrected chi connectivity index (χ1v) is 16.6. The first-order valence-electron chi connectivity index (χ1n) is 16.6. The van der Waals surface area contributed by atoms with E-state index in [0.29, 0.717) is 36.9 Å². The van der Waals surface area contributed by atoms with Crippen LogP contribution in [-0.2, 0) is 48.1 Å². The molecule has 0 fully saturated rings. The van der Waals surface area contributed by atoms with Crippen molar-refractivity contribution in [1.29, 1.82) is 0 Å². The summed E-state index contributed by atoms with van der Waals surface area (Å²) in [5.41, 5.74) is 8.74. The molecule has 0 aromatic heterocycles. The van der Waals surface area contributed by atoms with Crippen molar-refractivity contribution in [3.63, 3.8) is 0 Å². The number of hydrogen-bond donors (Lipinski definition) is 2. The summed E-state index contributed by atoms with van der Waals surface area (Å²) in [5, 5.41) is 6.11. The standard InChI is InChI=1S/C38H44F3N3O2/c1-3-26-9-5-10-27(4-2)33(26)11-7-14-36(45)42-21-8-22-44-24-29-17-20-32(23-30(29)25-44)43-37(46)35-13-6-12-34(35)28-15-18-31(19-16-28)38(39,40)41/h5,9-10,15-20,23H,3-4,6-8,11-14,21-22,24-25H2,1-2H3,(H,42,45)(H,43,46). The van der Waals surface area contributed by atoms with Crippen LogP contribution < -0.4 is 10.6 Å². The molecule has 2 N–H and O–H groups in total. The Labute approximate surface area is 270 Å². The van der Waals surface area contributed by atoms with Crippen LogP contribution in [0.3, 0.4) is 0 Å². The summed E-state index contributed by atoms with van der Waals surface area (Å²) >= 11 is 0. The molecule has 5 nitrogen and oxygen atoms in total. The van der Waals surface area contributed by atoms with E-state index >= 15 is 0 Å². The van der Waals surface area contributed by atoms with Gasteiger partial charge in [-0.1, -0.05) is 50.2 Å². The zero-order valence-corrected chi connectivity index (χ0v) is 26.9. The quantitative estimate of drug-likeness (QED) is 0.187.